The topological polar surface area (TPSA) is 111 Å². The molecule has 10 heteroatoms. The van der Waals surface area contributed by atoms with E-state index < -0.39 is 0 Å². The van der Waals surface area contributed by atoms with Gasteiger partial charge in [-0.2, -0.15) is 0 Å². The Morgan fingerprint density at radius 3 is 2.34 bits per heavy atom. The van der Waals surface area contributed by atoms with E-state index >= 15 is 0 Å². The molecule has 0 atom stereocenters. The van der Waals surface area contributed by atoms with Crippen LogP contribution in [0.2, 0.25) is 0 Å². The van der Waals surface area contributed by atoms with Crippen LogP contribution in [-0.2, 0) is 19.3 Å². The largest absolute Gasteiger partial charge is 0.491 e. The molecule has 0 spiro atoms. The lowest BCUT2D eigenvalue weighted by Gasteiger charge is -2.16. The minimum absolute atomic E-state index is 0.0564. The lowest BCUT2D eigenvalue weighted by atomic mass is 10.0. The van der Waals surface area contributed by atoms with Crippen molar-refractivity contribution in [3.8, 4) is 43.6 Å². The van der Waals surface area contributed by atoms with Crippen molar-refractivity contribution in [2.24, 2.45) is 5.73 Å². The van der Waals surface area contributed by atoms with Gasteiger partial charge in [-0.25, -0.2) is 14.5 Å². The van der Waals surface area contributed by atoms with E-state index in [1.807, 2.05) is 30.5 Å². The van der Waals surface area contributed by atoms with Gasteiger partial charge in [0.05, 0.1) is 40.3 Å². The van der Waals surface area contributed by atoms with Gasteiger partial charge in [0.15, 0.2) is 0 Å². The molecular weight excluding hydrogens is 643 g/mol. The molecule has 1 saturated heterocycles. The molecule has 3 heterocycles. The van der Waals surface area contributed by atoms with Crippen LogP contribution in [0.25, 0.3) is 37.8 Å². The Morgan fingerprint density at radius 1 is 0.840 bits per heavy atom. The normalized spacial score (nSPS) is 12.7. The number of amides is 2. The summed E-state index contributed by atoms with van der Waals surface area (Å²) < 4.78 is 8.24. The number of ether oxygens (including phenoxy) is 1. The predicted octanol–water partition coefficient (Wildman–Crippen LogP) is 7.20. The summed E-state index contributed by atoms with van der Waals surface area (Å²) >= 11 is 1.68. The molecular formula is C40H41N7O2S. The van der Waals surface area contributed by atoms with Crippen molar-refractivity contribution < 1.29 is 9.53 Å². The van der Waals surface area contributed by atoms with Crippen molar-refractivity contribution >= 4 is 17.4 Å². The smallest absolute Gasteiger partial charge is 0.317 e. The molecule has 0 radical (unpaired) electrons. The van der Waals surface area contributed by atoms with Crippen LogP contribution in [0.5, 0.6) is 5.75 Å². The molecule has 1 aliphatic rings. The van der Waals surface area contributed by atoms with Crippen molar-refractivity contribution in [1.29, 1.82) is 0 Å². The van der Waals surface area contributed by atoms with Gasteiger partial charge in [-0.3, -0.25) is 0 Å². The molecule has 7 rings (SSSR count). The second-order valence-corrected chi connectivity index (χ2v) is 13.4. The minimum atomic E-state index is -0.0564. The zero-order valence-electron chi connectivity index (χ0n) is 28.0. The van der Waals surface area contributed by atoms with Crippen LogP contribution in [0.3, 0.4) is 0 Å². The van der Waals surface area contributed by atoms with Crippen LogP contribution in [0.1, 0.15) is 29.8 Å². The number of carbonyl (C=O) groups is 1. The van der Waals surface area contributed by atoms with Gasteiger partial charge < -0.3 is 20.7 Å². The molecule has 9 nitrogen and oxygen atoms in total. The summed E-state index contributed by atoms with van der Waals surface area (Å²) in [5.74, 6) is 0.693. The van der Waals surface area contributed by atoms with Crippen molar-refractivity contribution in [3.05, 3.63) is 126 Å². The fraction of sp³-hybridized carbons (Fsp3) is 0.250. The first-order chi connectivity index (χ1) is 24.6. The lowest BCUT2D eigenvalue weighted by Crippen LogP contribution is -2.31. The van der Waals surface area contributed by atoms with Crippen molar-refractivity contribution in [3.63, 3.8) is 0 Å². The summed E-state index contributed by atoms with van der Waals surface area (Å²) in [6.07, 6.45) is 6.40. The number of aromatic nitrogens is 4. The van der Waals surface area contributed by atoms with Gasteiger partial charge in [-0.15, -0.1) is 16.4 Å². The second-order valence-electron chi connectivity index (χ2n) is 12.4. The number of aryl methyl sites for hydroxylation is 3. The maximum absolute atomic E-state index is 12.2. The van der Waals surface area contributed by atoms with Crippen LogP contribution >= 0.6 is 11.3 Å². The number of urea groups is 1. The van der Waals surface area contributed by atoms with E-state index in [2.05, 4.69) is 94.5 Å². The van der Waals surface area contributed by atoms with Crippen molar-refractivity contribution in [2.75, 3.05) is 32.8 Å². The Kier molecular flexibility index (Phi) is 10.6. The minimum Gasteiger partial charge on any atom is -0.491 e. The zero-order valence-corrected chi connectivity index (χ0v) is 28.8. The van der Waals surface area contributed by atoms with Crippen LogP contribution < -0.4 is 15.8 Å². The molecule has 1 aliphatic heterocycles. The number of hydrogen-bond donors (Lipinski definition) is 2. The summed E-state index contributed by atoms with van der Waals surface area (Å²) in [7, 11) is 0. The molecule has 50 heavy (non-hydrogen) atoms. The summed E-state index contributed by atoms with van der Waals surface area (Å²) in [5, 5.41) is 12.5. The van der Waals surface area contributed by atoms with E-state index in [4.69, 9.17) is 15.5 Å². The molecule has 6 aromatic rings. The summed E-state index contributed by atoms with van der Waals surface area (Å²) in [4.78, 5) is 20.4. The number of nitrogens with two attached hydrogens (primary N) is 1. The van der Waals surface area contributed by atoms with Crippen LogP contribution in [0, 0.1) is 0 Å². The zero-order chi connectivity index (χ0) is 34.1. The maximum Gasteiger partial charge on any atom is 0.317 e. The number of nitrogens with zero attached hydrogens (tertiary/aromatic N) is 5. The van der Waals surface area contributed by atoms with Gasteiger partial charge >= 0.3 is 6.03 Å². The monoisotopic (exact) mass is 683 g/mol. The van der Waals surface area contributed by atoms with Crippen LogP contribution in [0.15, 0.2) is 109 Å². The quantitative estimate of drug-likeness (QED) is 0.111. The van der Waals surface area contributed by atoms with Gasteiger partial charge in [0, 0.05) is 19.2 Å². The van der Waals surface area contributed by atoms with E-state index in [0.717, 1.165) is 70.2 Å². The molecule has 3 N–H and O–H groups in total. The molecule has 0 aliphatic carbocycles. The summed E-state index contributed by atoms with van der Waals surface area (Å²) in [5.41, 5.74) is 14.3. The standard InChI is InChI=1S/C40H41N7O2S/c41-22-8-7-13-33-28-47(45-44-33)34-19-20-35(37(27-34)49-26-25-46-24-23-42-40(46)48)39-43-36(38(50-39)32-11-5-2-6-12-32)21-16-29-14-17-31(18-15-29)30-9-3-1-4-10-30/h1-6,9-12,14-15,17-20,27-28H,7-8,13,16,21-26,41H2,(H,42,48). The molecule has 0 saturated carbocycles. The van der Waals surface area contributed by atoms with Crippen LogP contribution in [0.4, 0.5) is 4.79 Å². The third-order valence-electron chi connectivity index (χ3n) is 8.90. The number of carbonyl (C=O) groups excluding carboxylic acids is 1. The summed E-state index contributed by atoms with van der Waals surface area (Å²) in [6.45, 7) is 2.84. The van der Waals surface area contributed by atoms with E-state index in [1.54, 1.807) is 20.9 Å². The first-order valence-corrected chi connectivity index (χ1v) is 18.1. The Labute approximate surface area is 296 Å². The van der Waals surface area contributed by atoms with Crippen LogP contribution in [-0.4, -0.2) is 63.7 Å². The molecule has 2 aromatic heterocycles. The van der Waals surface area contributed by atoms with E-state index in [0.29, 0.717) is 38.5 Å². The van der Waals surface area contributed by atoms with Crippen molar-refractivity contribution in [1.82, 2.24) is 30.2 Å². The van der Waals surface area contributed by atoms with E-state index in [1.165, 1.54) is 16.7 Å². The first-order valence-electron chi connectivity index (χ1n) is 17.3. The lowest BCUT2D eigenvalue weighted by molar-refractivity contribution is 0.203. The molecule has 4 aromatic carbocycles. The fourth-order valence-electron chi connectivity index (χ4n) is 6.14. The average Bonchev–Trinajstić information content (AvgIpc) is 3.92. The van der Waals surface area contributed by atoms with Crippen molar-refractivity contribution in [2.45, 2.75) is 32.1 Å². The average molecular weight is 684 g/mol. The molecule has 2 amide bonds. The Hall–Kier alpha value is -5.32. The Balaban J connectivity index is 1.17. The van der Waals surface area contributed by atoms with Gasteiger partial charge in [0.1, 0.15) is 17.4 Å². The number of rotatable bonds is 15. The van der Waals surface area contributed by atoms with E-state index in [-0.39, 0.29) is 6.03 Å². The first kappa shape index (κ1) is 33.2. The number of benzene rings is 4. The molecule has 254 valence electrons. The third kappa shape index (κ3) is 7.93. The Morgan fingerprint density at radius 2 is 1.60 bits per heavy atom. The highest BCUT2D eigenvalue weighted by Gasteiger charge is 2.21. The van der Waals surface area contributed by atoms with E-state index in [9.17, 15) is 4.79 Å². The third-order valence-corrected chi connectivity index (χ3v) is 10.1. The van der Waals surface area contributed by atoms with Gasteiger partial charge in [-0.1, -0.05) is 90.1 Å². The SMILES string of the molecule is NCCCCc1cn(-c2ccc(-c3nc(CCc4ccc(-c5ccccc5)cc4)c(-c4ccccc4)s3)c(OCCN3CCNC3=O)c2)nn1. The fourth-order valence-corrected chi connectivity index (χ4v) is 7.29. The summed E-state index contributed by atoms with van der Waals surface area (Å²) in [6, 6.07) is 35.8. The van der Waals surface area contributed by atoms with Gasteiger partial charge in [0.2, 0.25) is 0 Å². The number of thiazole rings is 1. The molecule has 0 unspecified atom stereocenters. The second kappa shape index (κ2) is 15.9. The number of unbranched alkanes of at least 4 members (excludes halogenated alkanes) is 1. The van der Waals surface area contributed by atoms with Gasteiger partial charge in [-0.05, 0) is 73.0 Å². The molecule has 0 bridgehead atoms. The molecule has 1 fully saturated rings. The maximum atomic E-state index is 12.2. The highest BCUT2D eigenvalue weighted by molar-refractivity contribution is 7.18. The Bertz CT molecular complexity index is 2010. The highest BCUT2D eigenvalue weighted by atomic mass is 32.1. The predicted molar refractivity (Wildman–Crippen MR) is 200 cm³/mol. The number of nitrogens with one attached hydrogen (secondary N) is 1. The van der Waals surface area contributed by atoms with Gasteiger partial charge in [0.25, 0.3) is 0 Å². The number of hydrogen-bond acceptors (Lipinski definition) is 7. The highest BCUT2D eigenvalue weighted by Crippen LogP contribution is 2.40.